The van der Waals surface area contributed by atoms with E-state index in [1.807, 2.05) is 0 Å². The minimum absolute atomic E-state index is 0.00318. The number of alkyl halides is 3. The number of amides is 2. The summed E-state index contributed by atoms with van der Waals surface area (Å²) in [5, 5.41) is 2.51. The quantitative estimate of drug-likeness (QED) is 0.691. The fraction of sp³-hybridized carbons (Fsp3) is 0.286. The number of para-hydroxylation sites is 1. The van der Waals surface area contributed by atoms with Gasteiger partial charge in [-0.05, 0) is 24.1 Å². The molecule has 0 saturated carbocycles. The Hall–Kier alpha value is -3.36. The topological polar surface area (TPSA) is 75.7 Å². The number of nitrogens with zero attached hydrogens (tertiary/aromatic N) is 1. The first-order valence-electron chi connectivity index (χ1n) is 8.99. The molecule has 0 aliphatic heterocycles. The van der Waals surface area contributed by atoms with Gasteiger partial charge in [0.15, 0.2) is 6.61 Å². The Bertz CT molecular complexity index is 914. The highest BCUT2D eigenvalue weighted by Crippen LogP contribution is 2.22. The van der Waals surface area contributed by atoms with Crippen molar-refractivity contribution < 1.29 is 32.3 Å². The third-order valence-electron chi connectivity index (χ3n) is 4.06. The minimum Gasteiger partial charge on any atom is -0.452 e. The van der Waals surface area contributed by atoms with Crippen molar-refractivity contribution in [2.24, 2.45) is 0 Å². The number of carbonyl (C=O) groups excluding carboxylic acids is 3. The van der Waals surface area contributed by atoms with Gasteiger partial charge >= 0.3 is 12.1 Å². The maximum absolute atomic E-state index is 12.9. The summed E-state index contributed by atoms with van der Waals surface area (Å²) in [6, 6.07) is 12.8. The largest absolute Gasteiger partial charge is 0.452 e. The molecule has 0 unspecified atom stereocenters. The number of esters is 1. The lowest BCUT2D eigenvalue weighted by molar-refractivity contribution is -0.164. The predicted molar refractivity (Wildman–Crippen MR) is 104 cm³/mol. The van der Waals surface area contributed by atoms with Crippen LogP contribution in [0.2, 0.25) is 0 Å². The number of hydrogen-bond acceptors (Lipinski definition) is 4. The number of aryl methyl sites for hydroxylation is 1. The Labute approximate surface area is 171 Å². The maximum atomic E-state index is 12.9. The number of carbonyl (C=O) groups is 3. The lowest BCUT2D eigenvalue weighted by Gasteiger charge is -2.24. The summed E-state index contributed by atoms with van der Waals surface area (Å²) < 4.78 is 43.7. The van der Waals surface area contributed by atoms with Crippen molar-refractivity contribution in [3.8, 4) is 0 Å². The summed E-state index contributed by atoms with van der Waals surface area (Å²) in [6.45, 7) is 0.315. The Kier molecular flexibility index (Phi) is 7.57. The van der Waals surface area contributed by atoms with Gasteiger partial charge in [0.25, 0.3) is 5.91 Å². The zero-order chi connectivity index (χ0) is 22.3. The van der Waals surface area contributed by atoms with E-state index in [1.165, 1.54) is 13.0 Å². The second-order valence-electron chi connectivity index (χ2n) is 6.61. The highest BCUT2D eigenvalue weighted by Gasteiger charge is 2.33. The predicted octanol–water partition coefficient (Wildman–Crippen LogP) is 3.70. The van der Waals surface area contributed by atoms with E-state index in [0.29, 0.717) is 16.0 Å². The molecule has 1 N–H and O–H groups in total. The van der Waals surface area contributed by atoms with Gasteiger partial charge in [0.1, 0.15) is 6.54 Å². The van der Waals surface area contributed by atoms with Gasteiger partial charge in [-0.3, -0.25) is 9.59 Å². The van der Waals surface area contributed by atoms with Crippen molar-refractivity contribution in [1.82, 2.24) is 4.90 Å². The van der Waals surface area contributed by atoms with E-state index >= 15 is 0 Å². The van der Waals surface area contributed by atoms with Crippen LogP contribution >= 0.6 is 0 Å². The van der Waals surface area contributed by atoms with Crippen LogP contribution in [0.4, 0.5) is 18.9 Å². The van der Waals surface area contributed by atoms with Crippen LogP contribution in [0.5, 0.6) is 0 Å². The molecule has 160 valence electrons. The second kappa shape index (κ2) is 9.91. The van der Waals surface area contributed by atoms with Crippen LogP contribution in [0.15, 0.2) is 48.5 Å². The van der Waals surface area contributed by atoms with Gasteiger partial charge in [-0.1, -0.05) is 42.5 Å². The zero-order valence-corrected chi connectivity index (χ0v) is 16.5. The number of ether oxygens (including phenoxy) is 1. The summed E-state index contributed by atoms with van der Waals surface area (Å²) in [4.78, 5) is 36.7. The van der Waals surface area contributed by atoms with Crippen molar-refractivity contribution in [3.63, 3.8) is 0 Å². The average Bonchev–Trinajstić information content (AvgIpc) is 2.66. The average molecular weight is 422 g/mol. The minimum atomic E-state index is -4.61. The summed E-state index contributed by atoms with van der Waals surface area (Å²) >= 11 is 0. The van der Waals surface area contributed by atoms with Crippen LogP contribution in [0.3, 0.4) is 0 Å². The Morgan fingerprint density at radius 3 is 2.30 bits per heavy atom. The molecule has 2 amide bonds. The van der Waals surface area contributed by atoms with E-state index in [1.54, 1.807) is 49.4 Å². The molecule has 2 aromatic rings. The fourth-order valence-electron chi connectivity index (χ4n) is 2.73. The summed E-state index contributed by atoms with van der Waals surface area (Å²) in [6.07, 6.45) is -4.61. The molecule has 0 heterocycles. The molecule has 2 aromatic carbocycles. The monoisotopic (exact) mass is 422 g/mol. The molecule has 0 spiro atoms. The van der Waals surface area contributed by atoms with Crippen molar-refractivity contribution in [3.05, 3.63) is 65.2 Å². The number of nitrogens with one attached hydrogen (secondary N) is 1. The molecule has 30 heavy (non-hydrogen) atoms. The maximum Gasteiger partial charge on any atom is 0.406 e. The Morgan fingerprint density at radius 1 is 1.03 bits per heavy atom. The molecule has 0 radical (unpaired) electrons. The van der Waals surface area contributed by atoms with Gasteiger partial charge in [0, 0.05) is 13.5 Å². The normalized spacial score (nSPS) is 11.0. The van der Waals surface area contributed by atoms with E-state index in [0.717, 1.165) is 0 Å². The molecule has 2 rings (SSSR count). The number of hydrogen-bond donors (Lipinski definition) is 1. The van der Waals surface area contributed by atoms with Crippen molar-refractivity contribution in [1.29, 1.82) is 0 Å². The van der Waals surface area contributed by atoms with Crippen LogP contribution in [-0.4, -0.2) is 42.0 Å². The third-order valence-corrected chi connectivity index (χ3v) is 4.06. The first kappa shape index (κ1) is 22.9. The SMILES string of the molecule is CC(=O)Nc1c(C)cccc1C(=O)OCC(=O)N(Cc1ccccc1)CC(F)(F)F. The van der Waals surface area contributed by atoms with Gasteiger partial charge in [-0.2, -0.15) is 13.2 Å². The molecule has 0 aromatic heterocycles. The van der Waals surface area contributed by atoms with Gasteiger partial charge < -0.3 is 15.0 Å². The van der Waals surface area contributed by atoms with E-state index < -0.39 is 37.1 Å². The lowest BCUT2D eigenvalue weighted by atomic mass is 10.1. The van der Waals surface area contributed by atoms with Crippen molar-refractivity contribution in [2.45, 2.75) is 26.6 Å². The molecule has 0 bridgehead atoms. The summed E-state index contributed by atoms with van der Waals surface area (Å²) in [5.41, 5.74) is 1.32. The van der Waals surface area contributed by atoms with E-state index in [2.05, 4.69) is 5.32 Å². The second-order valence-corrected chi connectivity index (χ2v) is 6.61. The van der Waals surface area contributed by atoms with Crippen molar-refractivity contribution >= 4 is 23.5 Å². The Balaban J connectivity index is 2.12. The fourth-order valence-corrected chi connectivity index (χ4v) is 2.73. The first-order chi connectivity index (χ1) is 14.1. The molecule has 0 atom stereocenters. The number of rotatable bonds is 7. The molecule has 0 aliphatic carbocycles. The van der Waals surface area contributed by atoms with Crippen molar-refractivity contribution in [2.75, 3.05) is 18.5 Å². The third kappa shape index (κ3) is 6.91. The first-order valence-corrected chi connectivity index (χ1v) is 8.99. The van der Waals surface area contributed by atoms with Gasteiger partial charge in [0.05, 0.1) is 11.3 Å². The number of anilines is 1. The zero-order valence-electron chi connectivity index (χ0n) is 16.5. The molecular weight excluding hydrogens is 401 g/mol. The van der Waals surface area contributed by atoms with Gasteiger partial charge in [-0.25, -0.2) is 4.79 Å². The van der Waals surface area contributed by atoms with E-state index in [9.17, 15) is 27.6 Å². The molecule has 0 saturated heterocycles. The number of benzene rings is 2. The molecule has 9 heteroatoms. The van der Waals surface area contributed by atoms with Crippen LogP contribution in [-0.2, 0) is 20.9 Å². The highest BCUT2D eigenvalue weighted by atomic mass is 19.4. The summed E-state index contributed by atoms with van der Waals surface area (Å²) in [5.74, 6) is -2.32. The van der Waals surface area contributed by atoms with E-state index in [-0.39, 0.29) is 17.8 Å². The Morgan fingerprint density at radius 2 is 1.70 bits per heavy atom. The standard InChI is InChI=1S/C21H21F3N2O4/c1-14-7-6-10-17(19(14)25-15(2)27)20(29)30-12-18(28)26(13-21(22,23)24)11-16-8-4-3-5-9-16/h3-10H,11-13H2,1-2H3,(H,25,27). The smallest absolute Gasteiger partial charge is 0.406 e. The highest BCUT2D eigenvalue weighted by molar-refractivity contribution is 6.02. The van der Waals surface area contributed by atoms with Crippen LogP contribution in [0.1, 0.15) is 28.4 Å². The summed E-state index contributed by atoms with van der Waals surface area (Å²) in [7, 11) is 0. The lowest BCUT2D eigenvalue weighted by Crippen LogP contribution is -2.40. The molecule has 6 nitrogen and oxygen atoms in total. The number of halogens is 3. The van der Waals surface area contributed by atoms with Gasteiger partial charge in [-0.15, -0.1) is 0 Å². The van der Waals surface area contributed by atoms with Crippen LogP contribution in [0, 0.1) is 6.92 Å². The molecule has 0 fully saturated rings. The van der Waals surface area contributed by atoms with Crippen LogP contribution < -0.4 is 5.32 Å². The molecular formula is C21H21F3N2O4. The van der Waals surface area contributed by atoms with Gasteiger partial charge in [0.2, 0.25) is 5.91 Å². The van der Waals surface area contributed by atoms with Crippen LogP contribution in [0.25, 0.3) is 0 Å². The molecule has 0 aliphatic rings. The van der Waals surface area contributed by atoms with E-state index in [4.69, 9.17) is 4.74 Å².